The zero-order valence-corrected chi connectivity index (χ0v) is 10.3. The van der Waals surface area contributed by atoms with Crippen LogP contribution in [0.15, 0.2) is 60.7 Å². The first-order valence-electron chi connectivity index (χ1n) is 5.92. The van der Waals surface area contributed by atoms with Gasteiger partial charge in [-0.15, -0.1) is 0 Å². The summed E-state index contributed by atoms with van der Waals surface area (Å²) in [6, 6.07) is 18.7. The van der Waals surface area contributed by atoms with Gasteiger partial charge >= 0.3 is 5.97 Å². The summed E-state index contributed by atoms with van der Waals surface area (Å²) in [5, 5.41) is 9.26. The van der Waals surface area contributed by atoms with Gasteiger partial charge in [0.15, 0.2) is 6.10 Å². The molecule has 2 aromatic rings. The molecular formula is C15H15NO3. The Balaban J connectivity index is 2.48. The normalized spacial score (nSPS) is 12.3. The number of hydrogen-bond donors (Lipinski definition) is 2. The molecule has 0 radical (unpaired) electrons. The van der Waals surface area contributed by atoms with Crippen LogP contribution in [-0.4, -0.2) is 17.2 Å². The lowest BCUT2D eigenvalue weighted by Crippen LogP contribution is -2.34. The zero-order chi connectivity index (χ0) is 13.7. The molecule has 0 saturated heterocycles. The molecule has 4 heteroatoms. The fourth-order valence-electron chi connectivity index (χ4n) is 2.14. The van der Waals surface area contributed by atoms with Gasteiger partial charge in [-0.1, -0.05) is 60.7 Å². The third-order valence-electron chi connectivity index (χ3n) is 3.01. The molecule has 0 amide bonds. The molecule has 0 aliphatic rings. The number of carboxylic acids is 1. The van der Waals surface area contributed by atoms with Crippen molar-refractivity contribution in [3.05, 3.63) is 71.8 Å². The average molecular weight is 257 g/mol. The van der Waals surface area contributed by atoms with Crippen molar-refractivity contribution in [2.24, 2.45) is 5.90 Å². The lowest BCUT2D eigenvalue weighted by molar-refractivity contribution is -0.151. The van der Waals surface area contributed by atoms with Gasteiger partial charge in [0.2, 0.25) is 0 Å². The predicted octanol–water partition coefficient (Wildman–Crippen LogP) is 2.16. The Morgan fingerprint density at radius 2 is 1.37 bits per heavy atom. The van der Waals surface area contributed by atoms with Crippen LogP contribution in [0.2, 0.25) is 0 Å². The summed E-state index contributed by atoms with van der Waals surface area (Å²) >= 11 is 0. The zero-order valence-electron chi connectivity index (χ0n) is 10.3. The van der Waals surface area contributed by atoms with Crippen LogP contribution in [0.5, 0.6) is 0 Å². The van der Waals surface area contributed by atoms with E-state index < -0.39 is 18.0 Å². The van der Waals surface area contributed by atoms with Crippen LogP contribution >= 0.6 is 0 Å². The van der Waals surface area contributed by atoms with Crippen molar-refractivity contribution in [2.45, 2.75) is 12.0 Å². The highest BCUT2D eigenvalue weighted by molar-refractivity contribution is 5.74. The van der Waals surface area contributed by atoms with Crippen LogP contribution < -0.4 is 5.90 Å². The van der Waals surface area contributed by atoms with Crippen LogP contribution in [-0.2, 0) is 9.63 Å². The van der Waals surface area contributed by atoms with Crippen LogP contribution in [0.4, 0.5) is 0 Å². The SMILES string of the molecule is NOC(C(=O)O)C(c1ccccc1)c1ccccc1. The third-order valence-corrected chi connectivity index (χ3v) is 3.01. The quantitative estimate of drug-likeness (QED) is 0.805. The van der Waals surface area contributed by atoms with Gasteiger partial charge < -0.3 is 5.11 Å². The third kappa shape index (κ3) is 2.99. The molecule has 4 nitrogen and oxygen atoms in total. The molecule has 3 N–H and O–H groups in total. The smallest absolute Gasteiger partial charge is 0.335 e. The van der Waals surface area contributed by atoms with Gasteiger partial charge in [-0.2, -0.15) is 0 Å². The largest absolute Gasteiger partial charge is 0.479 e. The minimum Gasteiger partial charge on any atom is -0.479 e. The molecule has 0 heterocycles. The summed E-state index contributed by atoms with van der Waals surface area (Å²) < 4.78 is 0. The standard InChI is InChI=1S/C15H15NO3/c16-19-14(15(17)18)13(11-7-3-1-4-8-11)12-9-5-2-6-10-12/h1-10,13-14H,16H2,(H,17,18). The van der Waals surface area contributed by atoms with E-state index in [2.05, 4.69) is 4.84 Å². The maximum atomic E-state index is 11.3. The molecule has 0 aliphatic heterocycles. The van der Waals surface area contributed by atoms with Gasteiger partial charge in [0.1, 0.15) is 0 Å². The summed E-state index contributed by atoms with van der Waals surface area (Å²) in [6.45, 7) is 0. The van der Waals surface area contributed by atoms with Crippen molar-refractivity contribution in [3.8, 4) is 0 Å². The molecule has 2 rings (SSSR count). The Bertz CT molecular complexity index is 488. The van der Waals surface area contributed by atoms with Crippen LogP contribution in [0.25, 0.3) is 0 Å². The summed E-state index contributed by atoms with van der Waals surface area (Å²) in [5.41, 5.74) is 1.71. The first-order valence-corrected chi connectivity index (χ1v) is 5.92. The predicted molar refractivity (Wildman–Crippen MR) is 71.4 cm³/mol. The number of carboxylic acid groups (broad SMARTS) is 1. The number of nitrogens with two attached hydrogens (primary N) is 1. The first-order chi connectivity index (χ1) is 9.24. The number of hydrogen-bond acceptors (Lipinski definition) is 3. The van der Waals surface area contributed by atoms with Crippen molar-refractivity contribution in [1.82, 2.24) is 0 Å². The highest BCUT2D eigenvalue weighted by atomic mass is 16.6. The molecule has 0 aromatic heterocycles. The molecule has 19 heavy (non-hydrogen) atoms. The van der Waals surface area contributed by atoms with E-state index in [9.17, 15) is 9.90 Å². The summed E-state index contributed by atoms with van der Waals surface area (Å²) in [7, 11) is 0. The highest BCUT2D eigenvalue weighted by Gasteiger charge is 2.31. The molecular weight excluding hydrogens is 242 g/mol. The Morgan fingerprint density at radius 3 is 1.68 bits per heavy atom. The van der Waals surface area contributed by atoms with E-state index in [1.54, 1.807) is 0 Å². The highest BCUT2D eigenvalue weighted by Crippen LogP contribution is 2.29. The molecule has 2 aromatic carbocycles. The van der Waals surface area contributed by atoms with Crippen molar-refractivity contribution >= 4 is 5.97 Å². The van der Waals surface area contributed by atoms with Crippen molar-refractivity contribution < 1.29 is 14.7 Å². The second-order valence-corrected chi connectivity index (χ2v) is 4.19. The van der Waals surface area contributed by atoms with Gasteiger partial charge in [0, 0.05) is 5.92 Å². The Labute approximate surface area is 111 Å². The van der Waals surface area contributed by atoms with Gasteiger partial charge in [-0.25, -0.2) is 10.7 Å². The number of aliphatic carboxylic acids is 1. The summed E-state index contributed by atoms with van der Waals surface area (Å²) in [5.74, 6) is 3.65. The van der Waals surface area contributed by atoms with Crippen LogP contribution in [0.1, 0.15) is 17.0 Å². The topological polar surface area (TPSA) is 72.5 Å². The molecule has 1 atom stereocenters. The van der Waals surface area contributed by atoms with Crippen molar-refractivity contribution in [1.29, 1.82) is 0 Å². The molecule has 1 unspecified atom stereocenters. The van der Waals surface area contributed by atoms with Gasteiger partial charge in [-0.05, 0) is 11.1 Å². The molecule has 0 aliphatic carbocycles. The lowest BCUT2D eigenvalue weighted by atomic mass is 9.86. The van der Waals surface area contributed by atoms with E-state index in [-0.39, 0.29) is 0 Å². The van der Waals surface area contributed by atoms with Crippen LogP contribution in [0.3, 0.4) is 0 Å². The van der Waals surface area contributed by atoms with Crippen molar-refractivity contribution in [3.63, 3.8) is 0 Å². The van der Waals surface area contributed by atoms with E-state index >= 15 is 0 Å². The van der Waals surface area contributed by atoms with Crippen LogP contribution in [0, 0.1) is 0 Å². The minimum atomic E-state index is -1.12. The lowest BCUT2D eigenvalue weighted by Gasteiger charge is -2.23. The molecule has 98 valence electrons. The van der Waals surface area contributed by atoms with Crippen molar-refractivity contribution in [2.75, 3.05) is 0 Å². The van der Waals surface area contributed by atoms with E-state index in [4.69, 9.17) is 5.90 Å². The molecule has 0 saturated carbocycles. The maximum Gasteiger partial charge on any atom is 0.335 e. The van der Waals surface area contributed by atoms with E-state index in [0.717, 1.165) is 11.1 Å². The molecule has 0 fully saturated rings. The monoisotopic (exact) mass is 257 g/mol. The second-order valence-electron chi connectivity index (χ2n) is 4.19. The minimum absolute atomic E-state index is 0.440. The van der Waals surface area contributed by atoms with Gasteiger partial charge in [0.25, 0.3) is 0 Å². The Kier molecular flexibility index (Phi) is 4.28. The molecule has 0 spiro atoms. The summed E-state index contributed by atoms with van der Waals surface area (Å²) in [6.07, 6.45) is -1.12. The Hall–Kier alpha value is -2.17. The van der Waals surface area contributed by atoms with E-state index in [1.165, 1.54) is 0 Å². The number of rotatable bonds is 5. The van der Waals surface area contributed by atoms with Gasteiger partial charge in [0.05, 0.1) is 0 Å². The number of carbonyl (C=O) groups is 1. The number of benzene rings is 2. The van der Waals surface area contributed by atoms with Gasteiger partial charge in [-0.3, -0.25) is 4.84 Å². The van der Waals surface area contributed by atoms with E-state index in [1.807, 2.05) is 60.7 Å². The first kappa shape index (κ1) is 13.3. The second kappa shape index (κ2) is 6.13. The summed E-state index contributed by atoms with van der Waals surface area (Å²) in [4.78, 5) is 16.0. The van der Waals surface area contributed by atoms with E-state index in [0.29, 0.717) is 0 Å². The maximum absolute atomic E-state index is 11.3. The molecule has 0 bridgehead atoms. The average Bonchev–Trinajstić information content (AvgIpc) is 2.46. The fraction of sp³-hybridized carbons (Fsp3) is 0.133. The fourth-order valence-corrected chi connectivity index (χ4v) is 2.14. The Morgan fingerprint density at radius 1 is 0.947 bits per heavy atom.